The first-order valence-corrected chi connectivity index (χ1v) is 9.86. The summed E-state index contributed by atoms with van der Waals surface area (Å²) < 4.78 is 21.0. The van der Waals surface area contributed by atoms with E-state index in [1.54, 1.807) is 53.2 Å². The fourth-order valence-electron chi connectivity index (χ4n) is 3.03. The van der Waals surface area contributed by atoms with Crippen LogP contribution >= 0.6 is 0 Å². The summed E-state index contributed by atoms with van der Waals surface area (Å²) in [6, 6.07) is 22.5. The topological polar surface area (TPSA) is 69.0 Å². The van der Waals surface area contributed by atoms with Crippen LogP contribution in [0, 0.1) is 5.82 Å². The molecule has 1 aromatic heterocycles. The molecule has 0 bridgehead atoms. The summed E-state index contributed by atoms with van der Waals surface area (Å²) in [5.74, 6) is -0.101. The number of benzene rings is 3. The maximum absolute atomic E-state index is 13.8. The van der Waals surface area contributed by atoms with E-state index < -0.39 is 0 Å². The number of carbonyl (C=O) groups excluding carboxylic acids is 1. The van der Waals surface area contributed by atoms with Crippen LogP contribution in [0.4, 0.5) is 10.1 Å². The molecule has 0 aliphatic carbocycles. The number of ether oxygens (including phenoxy) is 1. The molecule has 4 rings (SSSR count). The Morgan fingerprint density at radius 1 is 1.00 bits per heavy atom. The zero-order valence-corrected chi connectivity index (χ0v) is 17.1. The fourth-order valence-corrected chi connectivity index (χ4v) is 3.03. The van der Waals surface area contributed by atoms with Crippen molar-refractivity contribution in [2.24, 2.45) is 0 Å². The molecule has 0 aliphatic rings. The van der Waals surface area contributed by atoms with E-state index >= 15 is 0 Å². The van der Waals surface area contributed by atoms with Crippen molar-refractivity contribution >= 4 is 11.6 Å². The average molecular weight is 416 g/mol. The Hall–Kier alpha value is -4.00. The van der Waals surface area contributed by atoms with Crippen molar-refractivity contribution in [2.45, 2.75) is 20.0 Å². The van der Waals surface area contributed by atoms with Crippen LogP contribution < -0.4 is 10.1 Å². The van der Waals surface area contributed by atoms with Crippen LogP contribution in [0.1, 0.15) is 24.2 Å². The van der Waals surface area contributed by atoms with Crippen LogP contribution in [0.5, 0.6) is 6.01 Å². The van der Waals surface area contributed by atoms with E-state index in [1.807, 2.05) is 32.0 Å². The predicted octanol–water partition coefficient (Wildman–Crippen LogP) is 5.11. The van der Waals surface area contributed by atoms with Crippen LogP contribution in [-0.4, -0.2) is 26.8 Å². The molecule has 1 N–H and O–H groups in total. The molecule has 1 heterocycles. The van der Waals surface area contributed by atoms with Gasteiger partial charge in [0.05, 0.1) is 11.8 Å². The number of amides is 1. The number of nitrogens with one attached hydrogen (secondary N) is 1. The largest absolute Gasteiger partial charge is 0.460 e. The molecular weight excluding hydrogens is 395 g/mol. The van der Waals surface area contributed by atoms with E-state index in [0.29, 0.717) is 28.3 Å². The van der Waals surface area contributed by atoms with Gasteiger partial charge in [0, 0.05) is 16.8 Å². The summed E-state index contributed by atoms with van der Waals surface area (Å²) in [5.41, 5.74) is 2.49. The van der Waals surface area contributed by atoms with Crippen LogP contribution in [0.2, 0.25) is 0 Å². The molecule has 156 valence electrons. The van der Waals surface area contributed by atoms with Gasteiger partial charge in [-0.3, -0.25) is 4.79 Å². The molecule has 1 amide bonds. The number of hydrogen-bond acceptors (Lipinski definition) is 4. The minimum absolute atomic E-state index is 0.105. The van der Waals surface area contributed by atoms with Gasteiger partial charge in [0.1, 0.15) is 5.82 Å². The van der Waals surface area contributed by atoms with Crippen LogP contribution in [-0.2, 0) is 0 Å². The van der Waals surface area contributed by atoms with Crippen molar-refractivity contribution in [3.8, 4) is 23.1 Å². The minimum Gasteiger partial charge on any atom is -0.460 e. The molecule has 31 heavy (non-hydrogen) atoms. The zero-order valence-electron chi connectivity index (χ0n) is 17.1. The second kappa shape index (κ2) is 8.79. The third-order valence-corrected chi connectivity index (χ3v) is 4.42. The van der Waals surface area contributed by atoms with Gasteiger partial charge >= 0.3 is 6.01 Å². The maximum Gasteiger partial charge on any atom is 0.336 e. The highest BCUT2D eigenvalue weighted by molar-refractivity contribution is 6.04. The van der Waals surface area contributed by atoms with E-state index in [2.05, 4.69) is 15.4 Å². The molecular formula is C24H21FN4O2. The summed E-state index contributed by atoms with van der Waals surface area (Å²) in [6.07, 6.45) is -0.105. The Morgan fingerprint density at radius 2 is 1.74 bits per heavy atom. The molecule has 0 spiro atoms. The first-order chi connectivity index (χ1) is 15.0. The summed E-state index contributed by atoms with van der Waals surface area (Å²) in [4.78, 5) is 16.8. The normalized spacial score (nSPS) is 10.8. The van der Waals surface area contributed by atoms with Crippen LogP contribution in [0.15, 0.2) is 78.9 Å². The fraction of sp³-hybridized carbons (Fsp3) is 0.125. The number of aromatic nitrogens is 3. The van der Waals surface area contributed by atoms with Crippen molar-refractivity contribution in [2.75, 3.05) is 5.32 Å². The standard InChI is InChI=1S/C24H21FN4O2/c1-16(2)31-24-27-22(18-9-6-10-19(25)15-18)29(28-24)21-13-11-20(12-14-21)26-23(30)17-7-4-3-5-8-17/h3-16H,1-2H3,(H,26,30). The molecule has 6 nitrogen and oxygen atoms in total. The predicted molar refractivity (Wildman–Crippen MR) is 117 cm³/mol. The molecule has 0 atom stereocenters. The van der Waals surface area contributed by atoms with Crippen molar-refractivity contribution in [3.05, 3.63) is 90.2 Å². The lowest BCUT2D eigenvalue weighted by molar-refractivity contribution is 0.102. The summed E-state index contributed by atoms with van der Waals surface area (Å²) >= 11 is 0. The van der Waals surface area contributed by atoms with E-state index in [4.69, 9.17) is 4.74 Å². The second-order valence-corrected chi connectivity index (χ2v) is 7.17. The van der Waals surface area contributed by atoms with Crippen molar-refractivity contribution < 1.29 is 13.9 Å². The Bertz CT molecular complexity index is 1190. The molecule has 0 unspecified atom stereocenters. The molecule has 0 aliphatic heterocycles. The van der Waals surface area contributed by atoms with E-state index in [9.17, 15) is 9.18 Å². The lowest BCUT2D eigenvalue weighted by atomic mass is 10.2. The molecule has 0 saturated heterocycles. The van der Waals surface area contributed by atoms with Gasteiger partial charge < -0.3 is 10.1 Å². The first-order valence-electron chi connectivity index (χ1n) is 9.86. The second-order valence-electron chi connectivity index (χ2n) is 7.17. The molecule has 4 aromatic rings. The number of carbonyl (C=O) groups is 1. The van der Waals surface area contributed by atoms with E-state index in [-0.39, 0.29) is 23.8 Å². The van der Waals surface area contributed by atoms with E-state index in [1.165, 1.54) is 12.1 Å². The zero-order chi connectivity index (χ0) is 21.8. The Morgan fingerprint density at radius 3 is 2.42 bits per heavy atom. The number of hydrogen-bond donors (Lipinski definition) is 1. The van der Waals surface area contributed by atoms with Crippen molar-refractivity contribution in [1.82, 2.24) is 14.8 Å². The minimum atomic E-state index is -0.364. The number of halogens is 1. The Balaban J connectivity index is 1.64. The van der Waals surface area contributed by atoms with Gasteiger partial charge in [0.2, 0.25) is 0 Å². The smallest absolute Gasteiger partial charge is 0.336 e. The van der Waals surface area contributed by atoms with Crippen LogP contribution in [0.3, 0.4) is 0 Å². The number of nitrogens with zero attached hydrogens (tertiary/aromatic N) is 3. The third-order valence-electron chi connectivity index (χ3n) is 4.42. The van der Waals surface area contributed by atoms with Crippen molar-refractivity contribution in [3.63, 3.8) is 0 Å². The molecule has 3 aromatic carbocycles. The van der Waals surface area contributed by atoms with Gasteiger partial charge in [-0.2, -0.15) is 4.98 Å². The first kappa shape index (κ1) is 20.3. The van der Waals surface area contributed by atoms with Gasteiger partial charge in [0.25, 0.3) is 5.91 Å². The monoisotopic (exact) mass is 416 g/mol. The SMILES string of the molecule is CC(C)Oc1nc(-c2cccc(F)c2)n(-c2ccc(NC(=O)c3ccccc3)cc2)n1. The third kappa shape index (κ3) is 4.78. The Kier molecular flexibility index (Phi) is 5.75. The highest BCUT2D eigenvalue weighted by atomic mass is 19.1. The molecule has 0 fully saturated rings. The van der Waals surface area contributed by atoms with Gasteiger partial charge in [-0.25, -0.2) is 9.07 Å². The Labute approximate surface area is 179 Å². The molecule has 7 heteroatoms. The quantitative estimate of drug-likeness (QED) is 0.474. The average Bonchev–Trinajstić information content (AvgIpc) is 3.18. The summed E-state index contributed by atoms with van der Waals surface area (Å²) in [5, 5.41) is 7.30. The van der Waals surface area contributed by atoms with Gasteiger partial charge in [-0.05, 0) is 62.4 Å². The van der Waals surface area contributed by atoms with Gasteiger partial charge in [0.15, 0.2) is 5.82 Å². The van der Waals surface area contributed by atoms with Gasteiger partial charge in [-0.15, -0.1) is 5.10 Å². The van der Waals surface area contributed by atoms with E-state index in [0.717, 1.165) is 0 Å². The lowest BCUT2D eigenvalue weighted by Gasteiger charge is -2.09. The van der Waals surface area contributed by atoms with Crippen LogP contribution in [0.25, 0.3) is 17.1 Å². The maximum atomic E-state index is 13.8. The molecule has 0 saturated carbocycles. The van der Waals surface area contributed by atoms with Gasteiger partial charge in [-0.1, -0.05) is 30.3 Å². The number of anilines is 1. The summed E-state index contributed by atoms with van der Waals surface area (Å²) in [7, 11) is 0. The summed E-state index contributed by atoms with van der Waals surface area (Å²) in [6.45, 7) is 3.76. The highest BCUT2D eigenvalue weighted by Crippen LogP contribution is 2.25. The van der Waals surface area contributed by atoms with Crippen molar-refractivity contribution in [1.29, 1.82) is 0 Å². The number of rotatable bonds is 6. The molecule has 0 radical (unpaired) electrons. The highest BCUT2D eigenvalue weighted by Gasteiger charge is 2.16. The lowest BCUT2D eigenvalue weighted by Crippen LogP contribution is -2.11.